The van der Waals surface area contributed by atoms with E-state index in [4.69, 9.17) is 11.6 Å². The van der Waals surface area contributed by atoms with E-state index in [2.05, 4.69) is 31.3 Å². The van der Waals surface area contributed by atoms with E-state index in [0.717, 1.165) is 17.7 Å². The average molecular weight is 305 g/mol. The third-order valence-electron chi connectivity index (χ3n) is 3.03. The zero-order valence-corrected chi connectivity index (χ0v) is 11.6. The largest absolute Gasteiger partial charge is 0.258 e. The van der Waals surface area contributed by atoms with Crippen LogP contribution in [0.4, 0.5) is 0 Å². The van der Waals surface area contributed by atoms with Gasteiger partial charge in [-0.15, -0.1) is 0 Å². The van der Waals surface area contributed by atoms with Crippen LogP contribution in [0.25, 0.3) is 0 Å². The SMILES string of the molecule is CNN1CCC[C@@H](c2cnc(Br)c(Cl)c2)C1. The van der Waals surface area contributed by atoms with Crippen LogP contribution < -0.4 is 5.43 Å². The van der Waals surface area contributed by atoms with Crippen LogP contribution in [0.15, 0.2) is 16.9 Å². The fourth-order valence-electron chi connectivity index (χ4n) is 2.11. The summed E-state index contributed by atoms with van der Waals surface area (Å²) in [5, 5.41) is 2.93. The molecule has 1 aromatic heterocycles. The molecule has 3 nitrogen and oxygen atoms in total. The molecule has 0 aliphatic carbocycles. The molecule has 0 amide bonds. The molecule has 2 heterocycles. The lowest BCUT2D eigenvalue weighted by Gasteiger charge is -2.32. The van der Waals surface area contributed by atoms with E-state index in [1.807, 2.05) is 19.3 Å². The van der Waals surface area contributed by atoms with Crippen molar-refractivity contribution in [2.24, 2.45) is 0 Å². The summed E-state index contributed by atoms with van der Waals surface area (Å²) in [6, 6.07) is 2.02. The van der Waals surface area contributed by atoms with Gasteiger partial charge in [-0.05, 0) is 53.4 Å². The highest BCUT2D eigenvalue weighted by molar-refractivity contribution is 9.10. The number of pyridine rings is 1. The number of nitrogens with one attached hydrogen (secondary N) is 1. The smallest absolute Gasteiger partial charge is 0.124 e. The van der Waals surface area contributed by atoms with Crippen molar-refractivity contribution in [3.63, 3.8) is 0 Å². The zero-order chi connectivity index (χ0) is 11.5. The minimum Gasteiger partial charge on any atom is -0.258 e. The first kappa shape index (κ1) is 12.3. The molecule has 0 unspecified atom stereocenters. The number of halogens is 2. The van der Waals surface area contributed by atoms with E-state index in [1.54, 1.807) is 0 Å². The molecule has 1 saturated heterocycles. The van der Waals surface area contributed by atoms with Crippen molar-refractivity contribution < 1.29 is 0 Å². The Hall–Kier alpha value is -0.160. The molecule has 1 aliphatic heterocycles. The van der Waals surface area contributed by atoms with Crippen molar-refractivity contribution in [1.82, 2.24) is 15.4 Å². The van der Waals surface area contributed by atoms with Crippen molar-refractivity contribution in [3.8, 4) is 0 Å². The molecule has 16 heavy (non-hydrogen) atoms. The van der Waals surface area contributed by atoms with Gasteiger partial charge in [0.05, 0.1) is 5.02 Å². The van der Waals surface area contributed by atoms with Gasteiger partial charge in [-0.2, -0.15) is 0 Å². The maximum Gasteiger partial charge on any atom is 0.124 e. The number of rotatable bonds is 2. The summed E-state index contributed by atoms with van der Waals surface area (Å²) in [6.07, 6.45) is 4.33. The Balaban J connectivity index is 2.13. The lowest BCUT2D eigenvalue weighted by atomic mass is 9.92. The van der Waals surface area contributed by atoms with Gasteiger partial charge in [0, 0.05) is 19.3 Å². The van der Waals surface area contributed by atoms with Gasteiger partial charge in [0.15, 0.2) is 0 Å². The van der Waals surface area contributed by atoms with Crippen LogP contribution in [0.1, 0.15) is 24.3 Å². The van der Waals surface area contributed by atoms with Gasteiger partial charge in [-0.25, -0.2) is 9.99 Å². The number of aromatic nitrogens is 1. The summed E-state index contributed by atoms with van der Waals surface area (Å²) in [4.78, 5) is 4.25. The number of hydrogen-bond donors (Lipinski definition) is 1. The van der Waals surface area contributed by atoms with Crippen LogP contribution in [0.5, 0.6) is 0 Å². The Morgan fingerprint density at radius 2 is 2.44 bits per heavy atom. The Bertz CT molecular complexity index is 372. The van der Waals surface area contributed by atoms with Crippen LogP contribution in [-0.2, 0) is 0 Å². The predicted molar refractivity (Wildman–Crippen MR) is 69.6 cm³/mol. The van der Waals surface area contributed by atoms with E-state index in [1.165, 1.54) is 18.4 Å². The Kier molecular flexibility index (Phi) is 4.19. The molecule has 1 N–H and O–H groups in total. The first-order valence-electron chi connectivity index (χ1n) is 5.44. The van der Waals surface area contributed by atoms with Crippen molar-refractivity contribution >= 4 is 27.5 Å². The molecule has 88 valence electrons. The topological polar surface area (TPSA) is 28.2 Å². The third kappa shape index (κ3) is 2.74. The molecule has 0 spiro atoms. The maximum absolute atomic E-state index is 6.06. The lowest BCUT2D eigenvalue weighted by molar-refractivity contribution is 0.154. The van der Waals surface area contributed by atoms with Crippen LogP contribution in [0.3, 0.4) is 0 Å². The molecule has 5 heteroatoms. The summed E-state index contributed by atoms with van der Waals surface area (Å²) in [5.74, 6) is 0.527. The molecule has 1 atom stereocenters. The van der Waals surface area contributed by atoms with E-state index in [9.17, 15) is 0 Å². The molecule has 1 fully saturated rings. The molecular weight excluding hydrogens is 289 g/mol. The minimum absolute atomic E-state index is 0.527. The van der Waals surface area contributed by atoms with Gasteiger partial charge in [-0.3, -0.25) is 5.43 Å². The second-order valence-corrected chi connectivity index (χ2v) is 5.21. The summed E-state index contributed by atoms with van der Waals surface area (Å²) < 4.78 is 0.721. The van der Waals surface area contributed by atoms with Gasteiger partial charge in [0.1, 0.15) is 4.60 Å². The van der Waals surface area contributed by atoms with Crippen molar-refractivity contribution in [1.29, 1.82) is 0 Å². The molecule has 2 rings (SSSR count). The van der Waals surface area contributed by atoms with Crippen LogP contribution >= 0.6 is 27.5 Å². The van der Waals surface area contributed by atoms with Crippen LogP contribution in [0.2, 0.25) is 5.02 Å². The van der Waals surface area contributed by atoms with Crippen LogP contribution in [-0.4, -0.2) is 30.1 Å². The Morgan fingerprint density at radius 1 is 1.62 bits per heavy atom. The zero-order valence-electron chi connectivity index (χ0n) is 9.21. The van der Waals surface area contributed by atoms with Gasteiger partial charge in [0.2, 0.25) is 0 Å². The predicted octanol–water partition coefficient (Wildman–Crippen LogP) is 2.81. The minimum atomic E-state index is 0.527. The van der Waals surface area contributed by atoms with Gasteiger partial charge in [0.25, 0.3) is 0 Å². The molecule has 0 radical (unpaired) electrons. The van der Waals surface area contributed by atoms with Gasteiger partial charge in [-0.1, -0.05) is 11.6 Å². The standard InChI is InChI=1S/C11H15BrClN3/c1-14-16-4-2-3-8(7-16)9-5-10(13)11(12)15-6-9/h5-6,8,14H,2-4,7H2,1H3/t8-/m1/s1. The van der Waals surface area contributed by atoms with E-state index in [0.29, 0.717) is 10.9 Å². The number of nitrogens with zero attached hydrogens (tertiary/aromatic N) is 2. The number of hydrazine groups is 1. The highest BCUT2D eigenvalue weighted by Crippen LogP contribution is 2.29. The van der Waals surface area contributed by atoms with E-state index < -0.39 is 0 Å². The number of piperidine rings is 1. The summed E-state index contributed by atoms with van der Waals surface area (Å²) in [5.41, 5.74) is 4.43. The molecule has 0 bridgehead atoms. The highest BCUT2D eigenvalue weighted by atomic mass is 79.9. The second kappa shape index (κ2) is 5.45. The van der Waals surface area contributed by atoms with Crippen LogP contribution in [0, 0.1) is 0 Å². The first-order chi connectivity index (χ1) is 7.70. The molecular formula is C11H15BrClN3. The average Bonchev–Trinajstić information content (AvgIpc) is 2.33. The summed E-state index contributed by atoms with van der Waals surface area (Å²) in [6.45, 7) is 2.14. The summed E-state index contributed by atoms with van der Waals surface area (Å²) in [7, 11) is 1.97. The Labute approximate surface area is 109 Å². The van der Waals surface area contributed by atoms with Gasteiger partial charge >= 0.3 is 0 Å². The van der Waals surface area contributed by atoms with Crippen molar-refractivity contribution in [2.75, 3.05) is 20.1 Å². The highest BCUT2D eigenvalue weighted by Gasteiger charge is 2.21. The summed E-state index contributed by atoms with van der Waals surface area (Å²) >= 11 is 9.38. The second-order valence-electron chi connectivity index (χ2n) is 4.05. The van der Waals surface area contributed by atoms with Gasteiger partial charge < -0.3 is 0 Å². The molecule has 1 aromatic rings. The van der Waals surface area contributed by atoms with Crippen molar-refractivity contribution in [2.45, 2.75) is 18.8 Å². The molecule has 0 aromatic carbocycles. The monoisotopic (exact) mass is 303 g/mol. The fraction of sp³-hybridized carbons (Fsp3) is 0.545. The van der Waals surface area contributed by atoms with Crippen molar-refractivity contribution in [3.05, 3.63) is 27.5 Å². The Morgan fingerprint density at radius 3 is 3.12 bits per heavy atom. The maximum atomic E-state index is 6.06. The number of hydrogen-bond acceptors (Lipinski definition) is 3. The van der Waals surface area contributed by atoms with E-state index >= 15 is 0 Å². The molecule has 1 aliphatic rings. The normalized spacial score (nSPS) is 22.3. The van der Waals surface area contributed by atoms with E-state index in [-0.39, 0.29) is 0 Å². The quantitative estimate of drug-likeness (QED) is 0.852. The third-order valence-corrected chi connectivity index (χ3v) is 4.17. The molecule has 0 saturated carbocycles. The lowest BCUT2D eigenvalue weighted by Crippen LogP contribution is -2.42. The first-order valence-corrected chi connectivity index (χ1v) is 6.61. The fourth-order valence-corrected chi connectivity index (χ4v) is 2.50.